The van der Waals surface area contributed by atoms with E-state index in [1.807, 2.05) is 0 Å². The Morgan fingerprint density at radius 2 is 1.80 bits per heavy atom. The van der Waals surface area contributed by atoms with Crippen molar-refractivity contribution in [2.24, 2.45) is 11.7 Å². The molecule has 1 fully saturated rings. The predicted molar refractivity (Wildman–Crippen MR) is 52.9 cm³/mol. The van der Waals surface area contributed by atoms with E-state index in [0.29, 0.717) is 26.1 Å². The van der Waals surface area contributed by atoms with Crippen LogP contribution in [0.15, 0.2) is 0 Å². The third-order valence-electron chi connectivity index (χ3n) is 2.52. The molecular weight excluding hydrogens is 198 g/mol. The second-order valence-corrected chi connectivity index (χ2v) is 3.73. The highest BCUT2D eigenvalue weighted by Gasteiger charge is 2.51. The number of hydrogen-bond acceptors (Lipinski definition) is 5. The van der Waals surface area contributed by atoms with Crippen LogP contribution in [-0.2, 0) is 19.1 Å². The lowest BCUT2D eigenvalue weighted by Crippen LogP contribution is -2.60. The molecule has 5 nitrogen and oxygen atoms in total. The van der Waals surface area contributed by atoms with Gasteiger partial charge in [-0.15, -0.1) is 0 Å². The molecule has 1 saturated carbocycles. The summed E-state index contributed by atoms with van der Waals surface area (Å²) < 4.78 is 9.65. The smallest absolute Gasteiger partial charge is 0.326 e. The van der Waals surface area contributed by atoms with Crippen LogP contribution in [0, 0.1) is 5.92 Å². The van der Waals surface area contributed by atoms with Crippen molar-refractivity contribution < 1.29 is 19.1 Å². The summed E-state index contributed by atoms with van der Waals surface area (Å²) in [5.74, 6) is -0.951. The highest BCUT2D eigenvalue weighted by Crippen LogP contribution is 2.37. The van der Waals surface area contributed by atoms with E-state index in [9.17, 15) is 9.59 Å². The van der Waals surface area contributed by atoms with E-state index in [0.717, 1.165) is 0 Å². The first-order valence-corrected chi connectivity index (χ1v) is 5.16. The molecule has 2 N–H and O–H groups in total. The van der Waals surface area contributed by atoms with Crippen LogP contribution in [0.25, 0.3) is 0 Å². The number of esters is 2. The number of rotatable bonds is 4. The standard InChI is InChI=1S/C10H17NO4/c1-3-14-8(12)7-5-10(11,6-7)9(13)15-4-2/h7H,3-6,11H2,1-2H3. The van der Waals surface area contributed by atoms with Crippen LogP contribution in [0.2, 0.25) is 0 Å². The minimum absolute atomic E-state index is 0.251. The van der Waals surface area contributed by atoms with Crippen molar-refractivity contribution in [3.8, 4) is 0 Å². The highest BCUT2D eigenvalue weighted by atomic mass is 16.5. The zero-order chi connectivity index (χ0) is 11.5. The first-order valence-electron chi connectivity index (χ1n) is 5.16. The zero-order valence-electron chi connectivity index (χ0n) is 9.12. The topological polar surface area (TPSA) is 78.6 Å². The normalized spacial score (nSPS) is 29.1. The summed E-state index contributed by atoms with van der Waals surface area (Å²) in [6.45, 7) is 4.13. The first kappa shape index (κ1) is 12.0. The van der Waals surface area contributed by atoms with Gasteiger partial charge in [-0.2, -0.15) is 0 Å². The minimum Gasteiger partial charge on any atom is -0.466 e. The molecule has 1 aliphatic rings. The summed E-state index contributed by atoms with van der Waals surface area (Å²) in [4.78, 5) is 22.6. The summed E-state index contributed by atoms with van der Waals surface area (Å²) in [7, 11) is 0. The maximum Gasteiger partial charge on any atom is 0.326 e. The van der Waals surface area contributed by atoms with Crippen molar-refractivity contribution in [2.45, 2.75) is 32.2 Å². The second kappa shape index (κ2) is 4.61. The summed E-state index contributed by atoms with van der Waals surface area (Å²) in [6, 6.07) is 0. The van der Waals surface area contributed by atoms with Gasteiger partial charge in [-0.25, -0.2) is 0 Å². The fourth-order valence-corrected chi connectivity index (χ4v) is 1.69. The van der Waals surface area contributed by atoms with Crippen LogP contribution in [0.1, 0.15) is 26.7 Å². The zero-order valence-corrected chi connectivity index (χ0v) is 9.12. The Morgan fingerprint density at radius 3 is 2.27 bits per heavy atom. The molecule has 1 rings (SSSR count). The van der Waals surface area contributed by atoms with Gasteiger partial charge < -0.3 is 15.2 Å². The molecule has 5 heteroatoms. The first-order chi connectivity index (χ1) is 7.03. The maximum absolute atomic E-state index is 11.4. The van der Waals surface area contributed by atoms with Gasteiger partial charge in [-0.3, -0.25) is 9.59 Å². The molecule has 0 aromatic rings. The molecule has 0 aromatic carbocycles. The molecule has 0 spiro atoms. The average Bonchev–Trinajstić information content (AvgIpc) is 2.13. The fourth-order valence-electron chi connectivity index (χ4n) is 1.69. The van der Waals surface area contributed by atoms with Crippen LogP contribution >= 0.6 is 0 Å². The van der Waals surface area contributed by atoms with Gasteiger partial charge in [0.15, 0.2) is 0 Å². The van der Waals surface area contributed by atoms with Crippen molar-refractivity contribution in [3.05, 3.63) is 0 Å². The van der Waals surface area contributed by atoms with Gasteiger partial charge in [0.05, 0.1) is 19.1 Å². The van der Waals surface area contributed by atoms with Gasteiger partial charge in [0, 0.05) is 0 Å². The van der Waals surface area contributed by atoms with E-state index < -0.39 is 11.5 Å². The third-order valence-corrected chi connectivity index (χ3v) is 2.52. The molecule has 0 amide bonds. The Balaban J connectivity index is 2.40. The molecule has 0 unspecified atom stereocenters. The van der Waals surface area contributed by atoms with Gasteiger partial charge in [-0.1, -0.05) is 0 Å². The van der Waals surface area contributed by atoms with Crippen molar-refractivity contribution in [1.82, 2.24) is 0 Å². The molecule has 0 aliphatic heterocycles. The van der Waals surface area contributed by atoms with E-state index in [1.165, 1.54) is 0 Å². The quantitative estimate of drug-likeness (QED) is 0.679. The van der Waals surface area contributed by atoms with E-state index in [1.54, 1.807) is 13.8 Å². The summed E-state index contributed by atoms with van der Waals surface area (Å²) >= 11 is 0. The Bertz CT molecular complexity index is 258. The fraction of sp³-hybridized carbons (Fsp3) is 0.800. The Labute approximate surface area is 88.9 Å². The summed E-state index contributed by atoms with van der Waals surface area (Å²) in [5.41, 5.74) is 4.80. The molecule has 0 bridgehead atoms. The van der Waals surface area contributed by atoms with Crippen LogP contribution < -0.4 is 5.73 Å². The van der Waals surface area contributed by atoms with E-state index in [4.69, 9.17) is 15.2 Å². The maximum atomic E-state index is 11.4. The SMILES string of the molecule is CCOC(=O)C1CC(N)(C(=O)OCC)C1. The number of hydrogen-bond donors (Lipinski definition) is 1. The Kier molecular flexibility index (Phi) is 3.68. The van der Waals surface area contributed by atoms with Crippen molar-refractivity contribution in [1.29, 1.82) is 0 Å². The molecule has 86 valence electrons. The molecule has 0 aromatic heterocycles. The van der Waals surface area contributed by atoms with Crippen LogP contribution in [0.4, 0.5) is 0 Å². The Hall–Kier alpha value is -1.10. The molecule has 15 heavy (non-hydrogen) atoms. The number of carbonyl (C=O) groups is 2. The van der Waals surface area contributed by atoms with Crippen molar-refractivity contribution in [2.75, 3.05) is 13.2 Å². The Morgan fingerprint density at radius 1 is 1.27 bits per heavy atom. The van der Waals surface area contributed by atoms with Crippen molar-refractivity contribution >= 4 is 11.9 Å². The third kappa shape index (κ3) is 2.47. The van der Waals surface area contributed by atoms with Crippen LogP contribution in [-0.4, -0.2) is 30.7 Å². The number of nitrogens with two attached hydrogens (primary N) is 1. The van der Waals surface area contributed by atoms with E-state index in [-0.39, 0.29) is 11.9 Å². The lowest BCUT2D eigenvalue weighted by Gasteiger charge is -2.40. The summed E-state index contributed by atoms with van der Waals surface area (Å²) in [5, 5.41) is 0. The largest absolute Gasteiger partial charge is 0.466 e. The van der Waals surface area contributed by atoms with Gasteiger partial charge in [0.2, 0.25) is 0 Å². The van der Waals surface area contributed by atoms with E-state index >= 15 is 0 Å². The van der Waals surface area contributed by atoms with Gasteiger partial charge >= 0.3 is 11.9 Å². The molecule has 0 heterocycles. The molecule has 0 radical (unpaired) electrons. The second-order valence-electron chi connectivity index (χ2n) is 3.73. The summed E-state index contributed by atoms with van der Waals surface area (Å²) in [6.07, 6.45) is 0.648. The minimum atomic E-state index is -0.979. The average molecular weight is 215 g/mol. The van der Waals surface area contributed by atoms with Crippen LogP contribution in [0.3, 0.4) is 0 Å². The van der Waals surface area contributed by atoms with Gasteiger partial charge in [-0.05, 0) is 26.7 Å². The number of carbonyl (C=O) groups excluding carboxylic acids is 2. The number of ether oxygens (including phenoxy) is 2. The van der Waals surface area contributed by atoms with Crippen LogP contribution in [0.5, 0.6) is 0 Å². The molecular formula is C10H17NO4. The van der Waals surface area contributed by atoms with Gasteiger partial charge in [0.25, 0.3) is 0 Å². The monoisotopic (exact) mass is 215 g/mol. The van der Waals surface area contributed by atoms with E-state index in [2.05, 4.69) is 0 Å². The highest BCUT2D eigenvalue weighted by molar-refractivity contribution is 5.86. The lowest BCUT2D eigenvalue weighted by molar-refractivity contribution is -0.163. The molecule has 0 atom stereocenters. The van der Waals surface area contributed by atoms with Gasteiger partial charge in [0.1, 0.15) is 5.54 Å². The predicted octanol–water partition coefficient (Wildman–Crippen LogP) is 0.220. The molecule has 1 aliphatic carbocycles. The lowest BCUT2D eigenvalue weighted by atomic mass is 9.69. The van der Waals surface area contributed by atoms with Crippen molar-refractivity contribution in [3.63, 3.8) is 0 Å². The molecule has 0 saturated heterocycles.